The molecule has 116 valence electrons. The SMILES string of the molecule is COCC(C)(CC(=O)O)NC(=O)CCc1ccc(F)cc1. The molecule has 0 aliphatic rings. The number of aliphatic carboxylic acids is 1. The Morgan fingerprint density at radius 1 is 1.33 bits per heavy atom. The fraction of sp³-hybridized carbons (Fsp3) is 0.467. The van der Waals surface area contributed by atoms with E-state index in [2.05, 4.69) is 5.32 Å². The summed E-state index contributed by atoms with van der Waals surface area (Å²) in [5, 5.41) is 11.6. The summed E-state index contributed by atoms with van der Waals surface area (Å²) in [6, 6.07) is 5.92. The number of halogens is 1. The second-order valence-electron chi connectivity index (χ2n) is 5.24. The number of benzene rings is 1. The number of hydrogen-bond donors (Lipinski definition) is 2. The van der Waals surface area contributed by atoms with Crippen LogP contribution in [0.4, 0.5) is 4.39 Å². The molecule has 0 aliphatic carbocycles. The van der Waals surface area contributed by atoms with Gasteiger partial charge in [0.25, 0.3) is 0 Å². The number of ether oxygens (including phenoxy) is 1. The van der Waals surface area contributed by atoms with Crippen LogP contribution in [0.25, 0.3) is 0 Å². The molecule has 0 fully saturated rings. The molecule has 0 bridgehead atoms. The topological polar surface area (TPSA) is 75.6 Å². The predicted octanol–water partition coefficient (Wildman–Crippen LogP) is 1.75. The predicted molar refractivity (Wildman–Crippen MR) is 75.4 cm³/mol. The summed E-state index contributed by atoms with van der Waals surface area (Å²) in [4.78, 5) is 22.8. The molecule has 1 aromatic carbocycles. The third-order valence-corrected chi connectivity index (χ3v) is 3.00. The molecular formula is C15H20FNO4. The Hall–Kier alpha value is -1.95. The average molecular weight is 297 g/mol. The zero-order chi connectivity index (χ0) is 15.9. The summed E-state index contributed by atoms with van der Waals surface area (Å²) < 4.78 is 17.7. The van der Waals surface area contributed by atoms with Crippen LogP contribution < -0.4 is 5.32 Å². The van der Waals surface area contributed by atoms with Crippen molar-refractivity contribution >= 4 is 11.9 Å². The van der Waals surface area contributed by atoms with Gasteiger partial charge in [0.1, 0.15) is 5.82 Å². The van der Waals surface area contributed by atoms with E-state index in [0.717, 1.165) is 5.56 Å². The minimum absolute atomic E-state index is 0.113. The molecule has 1 rings (SSSR count). The number of carbonyl (C=O) groups is 2. The van der Waals surface area contributed by atoms with Gasteiger partial charge in [-0.3, -0.25) is 9.59 Å². The molecule has 1 unspecified atom stereocenters. The van der Waals surface area contributed by atoms with Crippen molar-refractivity contribution in [2.75, 3.05) is 13.7 Å². The van der Waals surface area contributed by atoms with Crippen LogP contribution in [0.5, 0.6) is 0 Å². The first-order valence-corrected chi connectivity index (χ1v) is 6.61. The van der Waals surface area contributed by atoms with Gasteiger partial charge in [-0.05, 0) is 31.0 Å². The van der Waals surface area contributed by atoms with Crippen LogP contribution in [-0.2, 0) is 20.7 Å². The van der Waals surface area contributed by atoms with E-state index in [1.807, 2.05) is 0 Å². The molecule has 0 spiro atoms. The Labute approximate surface area is 123 Å². The zero-order valence-electron chi connectivity index (χ0n) is 12.2. The fourth-order valence-corrected chi connectivity index (χ4v) is 2.09. The van der Waals surface area contributed by atoms with E-state index < -0.39 is 11.5 Å². The van der Waals surface area contributed by atoms with E-state index >= 15 is 0 Å². The summed E-state index contributed by atoms with van der Waals surface area (Å²) >= 11 is 0. The maximum Gasteiger partial charge on any atom is 0.305 e. The second-order valence-corrected chi connectivity index (χ2v) is 5.24. The second kappa shape index (κ2) is 7.73. The van der Waals surface area contributed by atoms with Crippen molar-refractivity contribution < 1.29 is 23.8 Å². The number of aryl methyl sites for hydroxylation is 1. The smallest absolute Gasteiger partial charge is 0.305 e. The third-order valence-electron chi connectivity index (χ3n) is 3.00. The highest BCUT2D eigenvalue weighted by atomic mass is 19.1. The molecule has 6 heteroatoms. The summed E-state index contributed by atoms with van der Waals surface area (Å²) in [6.45, 7) is 1.74. The highest BCUT2D eigenvalue weighted by molar-refractivity contribution is 5.78. The van der Waals surface area contributed by atoms with Crippen LogP contribution >= 0.6 is 0 Å². The van der Waals surface area contributed by atoms with Crippen molar-refractivity contribution in [3.63, 3.8) is 0 Å². The Balaban J connectivity index is 2.53. The maximum absolute atomic E-state index is 12.8. The number of carboxylic acids is 1. The van der Waals surface area contributed by atoms with Gasteiger partial charge in [0, 0.05) is 13.5 Å². The van der Waals surface area contributed by atoms with E-state index in [4.69, 9.17) is 9.84 Å². The minimum Gasteiger partial charge on any atom is -0.481 e. The maximum atomic E-state index is 12.8. The molecule has 1 amide bonds. The molecule has 1 aromatic rings. The monoisotopic (exact) mass is 297 g/mol. The molecule has 0 aliphatic heterocycles. The quantitative estimate of drug-likeness (QED) is 0.766. The lowest BCUT2D eigenvalue weighted by molar-refractivity contribution is -0.139. The van der Waals surface area contributed by atoms with Gasteiger partial charge in [-0.1, -0.05) is 12.1 Å². The van der Waals surface area contributed by atoms with Gasteiger partial charge < -0.3 is 15.2 Å². The Bertz CT molecular complexity index is 489. The molecule has 2 N–H and O–H groups in total. The Morgan fingerprint density at radius 3 is 2.48 bits per heavy atom. The minimum atomic E-state index is -1.01. The van der Waals surface area contributed by atoms with Crippen LogP contribution in [-0.4, -0.2) is 36.2 Å². The highest BCUT2D eigenvalue weighted by Gasteiger charge is 2.29. The van der Waals surface area contributed by atoms with Gasteiger partial charge in [0.2, 0.25) is 5.91 Å². The lowest BCUT2D eigenvalue weighted by Gasteiger charge is -2.28. The van der Waals surface area contributed by atoms with Crippen molar-refractivity contribution in [2.24, 2.45) is 0 Å². The molecule has 0 radical (unpaired) electrons. The number of nitrogens with one attached hydrogen (secondary N) is 1. The van der Waals surface area contributed by atoms with Crippen LogP contribution in [0.2, 0.25) is 0 Å². The van der Waals surface area contributed by atoms with Crippen molar-refractivity contribution in [1.29, 1.82) is 0 Å². The average Bonchev–Trinajstić information content (AvgIpc) is 2.37. The molecule has 0 heterocycles. The van der Waals surface area contributed by atoms with Gasteiger partial charge >= 0.3 is 5.97 Å². The fourth-order valence-electron chi connectivity index (χ4n) is 2.09. The van der Waals surface area contributed by atoms with E-state index in [9.17, 15) is 14.0 Å². The lowest BCUT2D eigenvalue weighted by Crippen LogP contribution is -2.50. The number of carbonyl (C=O) groups excluding carboxylic acids is 1. The normalized spacial score (nSPS) is 13.5. The Morgan fingerprint density at radius 2 is 1.95 bits per heavy atom. The molecular weight excluding hydrogens is 277 g/mol. The van der Waals surface area contributed by atoms with Crippen molar-refractivity contribution in [3.05, 3.63) is 35.6 Å². The highest BCUT2D eigenvalue weighted by Crippen LogP contribution is 2.12. The molecule has 21 heavy (non-hydrogen) atoms. The zero-order valence-corrected chi connectivity index (χ0v) is 12.2. The van der Waals surface area contributed by atoms with Gasteiger partial charge in [-0.2, -0.15) is 0 Å². The first kappa shape index (κ1) is 17.1. The van der Waals surface area contributed by atoms with Crippen molar-refractivity contribution in [1.82, 2.24) is 5.32 Å². The van der Waals surface area contributed by atoms with Crippen LogP contribution in [0.1, 0.15) is 25.3 Å². The number of hydrogen-bond acceptors (Lipinski definition) is 3. The summed E-state index contributed by atoms with van der Waals surface area (Å²) in [6.07, 6.45) is 0.440. The van der Waals surface area contributed by atoms with E-state index in [1.54, 1.807) is 19.1 Å². The van der Waals surface area contributed by atoms with Gasteiger partial charge in [-0.25, -0.2) is 4.39 Å². The number of methoxy groups -OCH3 is 1. The van der Waals surface area contributed by atoms with Gasteiger partial charge in [0.15, 0.2) is 0 Å². The molecule has 0 saturated heterocycles. The summed E-state index contributed by atoms with van der Waals surface area (Å²) in [5.41, 5.74) is -0.0984. The van der Waals surface area contributed by atoms with Gasteiger partial charge in [-0.15, -0.1) is 0 Å². The van der Waals surface area contributed by atoms with Gasteiger partial charge in [0.05, 0.1) is 18.6 Å². The first-order chi connectivity index (χ1) is 9.84. The van der Waals surface area contributed by atoms with Crippen molar-refractivity contribution in [3.8, 4) is 0 Å². The molecule has 0 saturated carbocycles. The largest absolute Gasteiger partial charge is 0.481 e. The molecule has 5 nitrogen and oxygen atoms in total. The number of amides is 1. The van der Waals surface area contributed by atoms with Crippen LogP contribution in [0, 0.1) is 5.82 Å². The standard InChI is InChI=1S/C15H20FNO4/c1-15(10-21-2,9-14(19)20)17-13(18)8-5-11-3-6-12(16)7-4-11/h3-4,6-7H,5,8-10H2,1-2H3,(H,17,18)(H,19,20). The lowest BCUT2D eigenvalue weighted by atomic mass is 9.98. The Kier molecular flexibility index (Phi) is 6.30. The molecule has 0 aromatic heterocycles. The van der Waals surface area contributed by atoms with Crippen LogP contribution in [0.15, 0.2) is 24.3 Å². The summed E-state index contributed by atoms with van der Waals surface area (Å²) in [7, 11) is 1.45. The van der Waals surface area contributed by atoms with Crippen molar-refractivity contribution in [2.45, 2.75) is 31.7 Å². The first-order valence-electron chi connectivity index (χ1n) is 6.61. The van der Waals surface area contributed by atoms with E-state index in [0.29, 0.717) is 6.42 Å². The van der Waals surface area contributed by atoms with E-state index in [1.165, 1.54) is 19.2 Å². The third kappa shape index (κ3) is 6.35. The number of rotatable bonds is 8. The van der Waals surface area contributed by atoms with E-state index in [-0.39, 0.29) is 31.2 Å². The molecule has 1 atom stereocenters. The summed E-state index contributed by atoms with van der Waals surface area (Å²) in [5.74, 6) is -1.59. The van der Waals surface area contributed by atoms with Crippen LogP contribution in [0.3, 0.4) is 0 Å². The number of carboxylic acid groups (broad SMARTS) is 1.